The minimum absolute atomic E-state index is 0.179. The average Bonchev–Trinajstić information content (AvgIpc) is 2.85. The molecule has 1 aliphatic carbocycles. The maximum absolute atomic E-state index is 12.8. The highest BCUT2D eigenvalue weighted by Crippen LogP contribution is 2.27. The fraction of sp³-hybridized carbons (Fsp3) is 0.423. The van der Waals surface area contributed by atoms with Gasteiger partial charge in [0.25, 0.3) is 5.91 Å². The van der Waals surface area contributed by atoms with E-state index in [1.165, 1.54) is 6.07 Å². The van der Waals surface area contributed by atoms with Crippen molar-refractivity contribution < 1.29 is 14.4 Å². The largest absolute Gasteiger partial charge is 0.352 e. The van der Waals surface area contributed by atoms with Gasteiger partial charge in [-0.2, -0.15) is 0 Å². The molecule has 33 heavy (non-hydrogen) atoms. The third-order valence-electron chi connectivity index (χ3n) is 5.77. The van der Waals surface area contributed by atoms with Gasteiger partial charge in [0.2, 0.25) is 0 Å². The fourth-order valence-corrected chi connectivity index (χ4v) is 3.90. The third-order valence-corrected chi connectivity index (χ3v) is 5.77. The van der Waals surface area contributed by atoms with Crippen molar-refractivity contribution in [1.29, 1.82) is 0 Å². The lowest BCUT2D eigenvalue weighted by molar-refractivity contribution is 0.0950. The number of ketones is 2. The van der Waals surface area contributed by atoms with E-state index in [9.17, 15) is 14.4 Å². The number of fused-ring (bicyclic) bond motifs is 2. The van der Waals surface area contributed by atoms with Gasteiger partial charge in [-0.15, -0.1) is 0 Å². The van der Waals surface area contributed by atoms with Gasteiger partial charge in [-0.1, -0.05) is 24.3 Å². The number of hydrogen-bond acceptors (Lipinski definition) is 6. The van der Waals surface area contributed by atoms with Crippen LogP contribution in [0.2, 0.25) is 0 Å². The molecule has 0 saturated heterocycles. The topological polar surface area (TPSA) is 113 Å². The molecule has 0 unspecified atom stereocenters. The third kappa shape index (κ3) is 6.81. The van der Waals surface area contributed by atoms with Crippen LogP contribution < -0.4 is 21.7 Å². The number of rotatable bonds is 14. The van der Waals surface area contributed by atoms with Crippen molar-refractivity contribution in [3.05, 3.63) is 70.3 Å². The average molecular weight is 451 g/mol. The summed E-state index contributed by atoms with van der Waals surface area (Å²) in [5, 5.41) is 9.73. The molecule has 0 saturated carbocycles. The second-order valence-corrected chi connectivity index (χ2v) is 8.28. The summed E-state index contributed by atoms with van der Waals surface area (Å²) >= 11 is 0. The highest BCUT2D eigenvalue weighted by atomic mass is 16.2. The molecule has 176 valence electrons. The molecule has 0 fully saturated rings. The molecule has 0 aliphatic heterocycles. The van der Waals surface area contributed by atoms with Gasteiger partial charge < -0.3 is 21.7 Å². The van der Waals surface area contributed by atoms with E-state index in [1.807, 2.05) is 0 Å². The quantitative estimate of drug-likeness (QED) is 0.280. The van der Waals surface area contributed by atoms with E-state index in [0.717, 1.165) is 64.8 Å². The number of unbranched alkanes of at least 4 members (excludes halogenated alkanes) is 2. The number of nitrogens with two attached hydrogens (primary N) is 1. The molecular formula is C26H34N4O3. The monoisotopic (exact) mass is 450 g/mol. The Morgan fingerprint density at radius 3 is 1.88 bits per heavy atom. The first-order valence-electron chi connectivity index (χ1n) is 11.9. The van der Waals surface area contributed by atoms with Gasteiger partial charge in [0.1, 0.15) is 0 Å². The molecule has 0 aromatic heterocycles. The maximum Gasteiger partial charge on any atom is 0.251 e. The summed E-state index contributed by atoms with van der Waals surface area (Å²) in [4.78, 5) is 38.0. The lowest BCUT2D eigenvalue weighted by Crippen LogP contribution is -2.27. The summed E-state index contributed by atoms with van der Waals surface area (Å²) in [7, 11) is 0. The molecule has 2 aromatic rings. The zero-order chi connectivity index (χ0) is 23.5. The van der Waals surface area contributed by atoms with E-state index >= 15 is 0 Å². The van der Waals surface area contributed by atoms with Gasteiger partial charge in [0, 0.05) is 34.4 Å². The Balaban J connectivity index is 1.35. The van der Waals surface area contributed by atoms with Crippen molar-refractivity contribution >= 4 is 17.5 Å². The smallest absolute Gasteiger partial charge is 0.251 e. The molecule has 0 bridgehead atoms. The van der Waals surface area contributed by atoms with Crippen LogP contribution in [-0.2, 0) is 0 Å². The predicted octanol–water partition coefficient (Wildman–Crippen LogP) is 2.28. The lowest BCUT2D eigenvalue weighted by Gasteiger charge is -2.18. The molecule has 0 atom stereocenters. The van der Waals surface area contributed by atoms with Crippen LogP contribution in [0.1, 0.15) is 74.3 Å². The number of nitrogens with one attached hydrogen (secondary N) is 3. The second kappa shape index (κ2) is 13.0. The zero-order valence-corrected chi connectivity index (χ0v) is 19.1. The van der Waals surface area contributed by atoms with Crippen LogP contribution in [-0.4, -0.2) is 56.7 Å². The highest BCUT2D eigenvalue weighted by molar-refractivity contribution is 6.28. The van der Waals surface area contributed by atoms with E-state index in [2.05, 4.69) is 16.0 Å². The number of carbonyl (C=O) groups excluding carboxylic acids is 3. The summed E-state index contributed by atoms with van der Waals surface area (Å²) in [6.45, 7) is 5.24. The number of benzene rings is 2. The first kappa shape index (κ1) is 24.8. The van der Waals surface area contributed by atoms with Crippen LogP contribution in [0.5, 0.6) is 0 Å². The molecule has 5 N–H and O–H groups in total. The van der Waals surface area contributed by atoms with E-state index in [4.69, 9.17) is 5.73 Å². The van der Waals surface area contributed by atoms with E-state index < -0.39 is 0 Å². The van der Waals surface area contributed by atoms with Crippen LogP contribution in [0.15, 0.2) is 42.5 Å². The Labute approximate surface area is 195 Å². The Morgan fingerprint density at radius 1 is 0.667 bits per heavy atom. The van der Waals surface area contributed by atoms with Gasteiger partial charge in [0.05, 0.1) is 0 Å². The Hall–Kier alpha value is -2.87. The molecule has 7 heteroatoms. The van der Waals surface area contributed by atoms with Gasteiger partial charge in [-0.3, -0.25) is 14.4 Å². The summed E-state index contributed by atoms with van der Waals surface area (Å²) in [6.07, 6.45) is 5.12. The highest BCUT2D eigenvalue weighted by Gasteiger charge is 2.29. The molecule has 1 aliphatic rings. The number of amides is 1. The lowest BCUT2D eigenvalue weighted by atomic mass is 9.83. The van der Waals surface area contributed by atoms with Crippen molar-refractivity contribution in [2.75, 3.05) is 39.3 Å². The SMILES string of the molecule is NCCCCNCCCNCCCCNC(=O)c1ccc2c(c1)C(=O)c1ccccc1C2=O. The van der Waals surface area contributed by atoms with Crippen LogP contribution in [0, 0.1) is 0 Å². The predicted molar refractivity (Wildman–Crippen MR) is 130 cm³/mol. The molecule has 0 heterocycles. The van der Waals surface area contributed by atoms with Crippen molar-refractivity contribution in [3.8, 4) is 0 Å². The summed E-state index contributed by atoms with van der Waals surface area (Å²) < 4.78 is 0. The summed E-state index contributed by atoms with van der Waals surface area (Å²) in [5.74, 6) is -0.626. The molecule has 7 nitrogen and oxygen atoms in total. The maximum atomic E-state index is 12.8. The van der Waals surface area contributed by atoms with Crippen LogP contribution in [0.3, 0.4) is 0 Å². The minimum atomic E-state index is -0.231. The van der Waals surface area contributed by atoms with Gasteiger partial charge >= 0.3 is 0 Å². The van der Waals surface area contributed by atoms with Gasteiger partial charge in [-0.25, -0.2) is 0 Å². The van der Waals surface area contributed by atoms with Crippen molar-refractivity contribution in [3.63, 3.8) is 0 Å². The van der Waals surface area contributed by atoms with Gasteiger partial charge in [-0.05, 0) is 83.0 Å². The van der Waals surface area contributed by atoms with Crippen molar-refractivity contribution in [2.45, 2.75) is 32.1 Å². The first-order chi connectivity index (χ1) is 16.1. The molecular weight excluding hydrogens is 416 g/mol. The Bertz CT molecular complexity index is 974. The number of hydrogen-bond donors (Lipinski definition) is 4. The first-order valence-corrected chi connectivity index (χ1v) is 11.9. The minimum Gasteiger partial charge on any atom is -0.352 e. The molecule has 2 aromatic carbocycles. The van der Waals surface area contributed by atoms with E-state index in [-0.39, 0.29) is 17.5 Å². The molecule has 0 radical (unpaired) electrons. The normalized spacial score (nSPS) is 12.4. The van der Waals surface area contributed by atoms with Crippen LogP contribution in [0.4, 0.5) is 0 Å². The zero-order valence-electron chi connectivity index (χ0n) is 19.1. The van der Waals surface area contributed by atoms with Crippen LogP contribution >= 0.6 is 0 Å². The Morgan fingerprint density at radius 2 is 1.21 bits per heavy atom. The van der Waals surface area contributed by atoms with Gasteiger partial charge in [0.15, 0.2) is 11.6 Å². The number of carbonyl (C=O) groups is 3. The standard InChI is InChI=1S/C26H34N4O3/c27-12-3-4-13-28-15-7-16-29-14-5-6-17-30-26(33)19-10-11-22-23(18-19)25(32)21-9-2-1-8-20(21)24(22)31/h1-2,8-11,18,28-29H,3-7,12-17,27H2,(H,30,33). The second-order valence-electron chi connectivity index (χ2n) is 8.28. The van der Waals surface area contributed by atoms with Crippen LogP contribution in [0.25, 0.3) is 0 Å². The molecule has 3 rings (SSSR count). The van der Waals surface area contributed by atoms with Crippen molar-refractivity contribution in [2.24, 2.45) is 5.73 Å². The Kier molecular flexibility index (Phi) is 9.75. The van der Waals surface area contributed by atoms with E-state index in [1.54, 1.807) is 36.4 Å². The molecule has 0 spiro atoms. The molecule has 1 amide bonds. The van der Waals surface area contributed by atoms with Crippen molar-refractivity contribution in [1.82, 2.24) is 16.0 Å². The fourth-order valence-electron chi connectivity index (χ4n) is 3.90. The summed E-state index contributed by atoms with van der Waals surface area (Å²) in [6, 6.07) is 11.5. The van der Waals surface area contributed by atoms with E-state index in [0.29, 0.717) is 34.4 Å². The summed E-state index contributed by atoms with van der Waals surface area (Å²) in [5.41, 5.74) is 7.32.